The van der Waals surface area contributed by atoms with Gasteiger partial charge in [0.1, 0.15) is 5.75 Å². The maximum absolute atomic E-state index is 11.9. The summed E-state index contributed by atoms with van der Waals surface area (Å²) in [6.07, 6.45) is 0.301. The number of benzene rings is 1. The quantitative estimate of drug-likeness (QED) is 0.744. The summed E-state index contributed by atoms with van der Waals surface area (Å²) in [6, 6.07) is 6.22. The molecule has 5 heteroatoms. The van der Waals surface area contributed by atoms with Gasteiger partial charge in [-0.15, -0.1) is 0 Å². The van der Waals surface area contributed by atoms with Crippen molar-refractivity contribution in [1.82, 2.24) is 5.32 Å². The Morgan fingerprint density at radius 2 is 1.89 bits per heavy atom. The highest BCUT2D eigenvalue weighted by molar-refractivity contribution is 5.97. The van der Waals surface area contributed by atoms with Crippen LogP contribution in [0.1, 0.15) is 37.0 Å². The van der Waals surface area contributed by atoms with E-state index in [1.54, 1.807) is 26.0 Å². The van der Waals surface area contributed by atoms with E-state index in [4.69, 9.17) is 5.11 Å². The minimum Gasteiger partial charge on any atom is -0.507 e. The van der Waals surface area contributed by atoms with Crippen LogP contribution < -0.4 is 5.32 Å². The molecule has 0 saturated heterocycles. The predicted molar refractivity (Wildman–Crippen MR) is 66.5 cm³/mol. The smallest absolute Gasteiger partial charge is 0.303 e. The number of carbonyl (C=O) groups excluding carboxylic acids is 1. The molecule has 1 amide bonds. The molecule has 98 valence electrons. The lowest BCUT2D eigenvalue weighted by Crippen LogP contribution is -2.43. The van der Waals surface area contributed by atoms with E-state index in [0.29, 0.717) is 6.42 Å². The van der Waals surface area contributed by atoms with Crippen molar-refractivity contribution >= 4 is 11.9 Å². The Morgan fingerprint density at radius 3 is 2.44 bits per heavy atom. The van der Waals surface area contributed by atoms with Gasteiger partial charge in [-0.3, -0.25) is 9.59 Å². The number of nitrogens with one attached hydrogen (secondary N) is 1. The molecule has 18 heavy (non-hydrogen) atoms. The van der Waals surface area contributed by atoms with Gasteiger partial charge in [-0.25, -0.2) is 0 Å². The lowest BCUT2D eigenvalue weighted by Gasteiger charge is -2.25. The van der Waals surface area contributed by atoms with Crippen molar-refractivity contribution in [2.75, 3.05) is 0 Å². The summed E-state index contributed by atoms with van der Waals surface area (Å²) in [5.41, 5.74) is -0.460. The van der Waals surface area contributed by atoms with E-state index in [-0.39, 0.29) is 17.7 Å². The average Bonchev–Trinajstić information content (AvgIpc) is 2.26. The molecule has 0 saturated carbocycles. The van der Waals surface area contributed by atoms with E-state index in [2.05, 4.69) is 5.32 Å². The number of amides is 1. The standard InChI is InChI=1S/C13H17NO4/c1-13(2,8-7-11(16)17)14-12(18)9-5-3-4-6-10(9)15/h3-6,15H,7-8H2,1-2H3,(H,14,18)(H,16,17). The lowest BCUT2D eigenvalue weighted by atomic mass is 9.97. The topological polar surface area (TPSA) is 86.6 Å². The van der Waals surface area contributed by atoms with E-state index < -0.39 is 17.4 Å². The number of phenols is 1. The third kappa shape index (κ3) is 4.08. The Hall–Kier alpha value is -2.04. The SMILES string of the molecule is CC(C)(CCC(=O)O)NC(=O)c1ccccc1O. The Balaban J connectivity index is 2.69. The zero-order valence-electron chi connectivity index (χ0n) is 10.4. The summed E-state index contributed by atoms with van der Waals surface area (Å²) in [7, 11) is 0. The first-order valence-electron chi connectivity index (χ1n) is 5.64. The molecule has 1 aromatic rings. The monoisotopic (exact) mass is 251 g/mol. The fraction of sp³-hybridized carbons (Fsp3) is 0.385. The van der Waals surface area contributed by atoms with E-state index in [0.717, 1.165) is 0 Å². The van der Waals surface area contributed by atoms with E-state index in [1.807, 2.05) is 0 Å². The van der Waals surface area contributed by atoms with Crippen molar-refractivity contribution in [3.8, 4) is 5.75 Å². The highest BCUT2D eigenvalue weighted by atomic mass is 16.4. The molecular formula is C13H17NO4. The number of aliphatic carboxylic acids is 1. The third-order valence-electron chi connectivity index (χ3n) is 2.56. The minimum atomic E-state index is -0.903. The molecule has 0 aliphatic heterocycles. The summed E-state index contributed by atoms with van der Waals surface area (Å²) < 4.78 is 0. The van der Waals surface area contributed by atoms with Crippen molar-refractivity contribution in [3.05, 3.63) is 29.8 Å². The molecule has 0 spiro atoms. The molecule has 0 unspecified atom stereocenters. The van der Waals surface area contributed by atoms with Gasteiger partial charge in [0.2, 0.25) is 0 Å². The van der Waals surface area contributed by atoms with Gasteiger partial charge < -0.3 is 15.5 Å². The number of aromatic hydroxyl groups is 1. The molecule has 0 bridgehead atoms. The number of phenolic OH excluding ortho intramolecular Hbond substituents is 1. The zero-order chi connectivity index (χ0) is 13.8. The number of carboxylic acid groups (broad SMARTS) is 1. The van der Waals surface area contributed by atoms with Crippen molar-refractivity contribution in [2.24, 2.45) is 0 Å². The van der Waals surface area contributed by atoms with Crippen molar-refractivity contribution in [3.63, 3.8) is 0 Å². The Bertz CT molecular complexity index is 454. The number of hydrogen-bond donors (Lipinski definition) is 3. The van der Waals surface area contributed by atoms with Crippen molar-refractivity contribution < 1.29 is 19.8 Å². The first-order chi connectivity index (χ1) is 8.32. The van der Waals surface area contributed by atoms with Gasteiger partial charge in [-0.2, -0.15) is 0 Å². The van der Waals surface area contributed by atoms with Gasteiger partial charge >= 0.3 is 5.97 Å². The average molecular weight is 251 g/mol. The Labute approximate surface area is 105 Å². The van der Waals surface area contributed by atoms with E-state index in [9.17, 15) is 14.7 Å². The normalized spacial score (nSPS) is 11.0. The van der Waals surface area contributed by atoms with Crippen LogP contribution in [-0.4, -0.2) is 27.6 Å². The minimum absolute atomic E-state index is 0.0198. The predicted octanol–water partition coefficient (Wildman–Crippen LogP) is 1.77. The molecule has 0 atom stereocenters. The first-order valence-corrected chi connectivity index (χ1v) is 5.64. The van der Waals surface area contributed by atoms with Crippen LogP contribution in [0.4, 0.5) is 0 Å². The molecule has 1 rings (SSSR count). The number of carboxylic acids is 1. The number of para-hydroxylation sites is 1. The fourth-order valence-corrected chi connectivity index (χ4v) is 1.52. The molecule has 0 radical (unpaired) electrons. The number of hydrogen-bond acceptors (Lipinski definition) is 3. The van der Waals surface area contributed by atoms with Crippen molar-refractivity contribution in [2.45, 2.75) is 32.2 Å². The second-order valence-electron chi connectivity index (χ2n) is 4.75. The zero-order valence-corrected chi connectivity index (χ0v) is 10.4. The van der Waals surface area contributed by atoms with Crippen LogP contribution in [0.2, 0.25) is 0 Å². The second kappa shape index (κ2) is 5.53. The van der Waals surface area contributed by atoms with Crippen molar-refractivity contribution in [1.29, 1.82) is 0 Å². The Morgan fingerprint density at radius 1 is 1.28 bits per heavy atom. The number of carbonyl (C=O) groups is 2. The lowest BCUT2D eigenvalue weighted by molar-refractivity contribution is -0.137. The van der Waals surface area contributed by atoms with Crippen LogP contribution in [0.25, 0.3) is 0 Å². The molecule has 0 aliphatic rings. The molecule has 0 aromatic heterocycles. The molecule has 5 nitrogen and oxygen atoms in total. The van der Waals surface area contributed by atoms with E-state index in [1.165, 1.54) is 12.1 Å². The molecular weight excluding hydrogens is 234 g/mol. The van der Waals surface area contributed by atoms with Crippen LogP contribution in [0.3, 0.4) is 0 Å². The van der Waals surface area contributed by atoms with Crippen LogP contribution in [0.15, 0.2) is 24.3 Å². The summed E-state index contributed by atoms with van der Waals surface area (Å²) >= 11 is 0. The highest BCUT2D eigenvalue weighted by Crippen LogP contribution is 2.18. The summed E-state index contributed by atoms with van der Waals surface area (Å²) in [5.74, 6) is -1.41. The largest absolute Gasteiger partial charge is 0.507 e. The fourth-order valence-electron chi connectivity index (χ4n) is 1.52. The molecule has 3 N–H and O–H groups in total. The number of rotatable bonds is 5. The van der Waals surface area contributed by atoms with Crippen LogP contribution in [0.5, 0.6) is 5.75 Å². The van der Waals surface area contributed by atoms with Gasteiger partial charge in [-0.05, 0) is 32.4 Å². The maximum Gasteiger partial charge on any atom is 0.303 e. The van der Waals surface area contributed by atoms with Crippen LogP contribution >= 0.6 is 0 Å². The third-order valence-corrected chi connectivity index (χ3v) is 2.56. The van der Waals surface area contributed by atoms with Gasteiger partial charge in [0, 0.05) is 12.0 Å². The van der Waals surface area contributed by atoms with Gasteiger partial charge in [-0.1, -0.05) is 12.1 Å². The highest BCUT2D eigenvalue weighted by Gasteiger charge is 2.23. The van der Waals surface area contributed by atoms with Crippen LogP contribution in [0, 0.1) is 0 Å². The first kappa shape index (κ1) is 14.0. The van der Waals surface area contributed by atoms with Gasteiger partial charge in [0.05, 0.1) is 5.56 Å². The molecule has 0 heterocycles. The molecule has 0 aliphatic carbocycles. The summed E-state index contributed by atoms with van der Waals surface area (Å²) in [5, 5.41) is 20.9. The maximum atomic E-state index is 11.9. The molecule has 1 aromatic carbocycles. The summed E-state index contributed by atoms with van der Waals surface area (Å²) in [4.78, 5) is 22.4. The molecule has 0 fully saturated rings. The van der Waals surface area contributed by atoms with Gasteiger partial charge in [0.25, 0.3) is 5.91 Å². The van der Waals surface area contributed by atoms with Gasteiger partial charge in [0.15, 0.2) is 0 Å². The summed E-state index contributed by atoms with van der Waals surface area (Å²) in [6.45, 7) is 3.49. The second-order valence-corrected chi connectivity index (χ2v) is 4.75. The van der Waals surface area contributed by atoms with Crippen LogP contribution in [-0.2, 0) is 4.79 Å². The van der Waals surface area contributed by atoms with E-state index >= 15 is 0 Å². The Kier molecular flexibility index (Phi) is 4.31.